The van der Waals surface area contributed by atoms with Gasteiger partial charge in [-0.15, -0.1) is 5.06 Å². The molecule has 0 radical (unpaired) electrons. The van der Waals surface area contributed by atoms with Gasteiger partial charge < -0.3 is 14.9 Å². The predicted molar refractivity (Wildman–Crippen MR) is 84.3 cm³/mol. The number of hydroxylamine groups is 2. The molecule has 0 unspecified atom stereocenters. The van der Waals surface area contributed by atoms with Crippen LogP contribution in [0.4, 0.5) is 0 Å². The minimum absolute atomic E-state index is 0.0530. The van der Waals surface area contributed by atoms with E-state index in [4.69, 9.17) is 4.84 Å². The van der Waals surface area contributed by atoms with E-state index in [9.17, 15) is 19.5 Å². The van der Waals surface area contributed by atoms with E-state index < -0.39 is 17.8 Å². The highest BCUT2D eigenvalue weighted by molar-refractivity contribution is 6.02. The van der Waals surface area contributed by atoms with Gasteiger partial charge in [-0.2, -0.15) is 0 Å². The number of phenolic OH excluding ortho intramolecular Hbond substituents is 1. The number of aromatic amines is 1. The van der Waals surface area contributed by atoms with Gasteiger partial charge in [0.15, 0.2) is 0 Å². The van der Waals surface area contributed by atoms with Crippen LogP contribution in [0, 0.1) is 0 Å². The van der Waals surface area contributed by atoms with Gasteiger partial charge in [0.25, 0.3) is 11.8 Å². The van der Waals surface area contributed by atoms with Crippen molar-refractivity contribution in [1.29, 1.82) is 0 Å². The number of imide groups is 1. The molecule has 3 rings (SSSR count). The fraction of sp³-hybridized carbons (Fsp3) is 0.118. The number of H-pyrrole nitrogens is 1. The van der Waals surface area contributed by atoms with Crippen molar-refractivity contribution in [3.63, 3.8) is 0 Å². The molecule has 7 nitrogen and oxygen atoms in total. The first-order valence-electron chi connectivity index (χ1n) is 7.27. The summed E-state index contributed by atoms with van der Waals surface area (Å²) in [7, 11) is 0. The Morgan fingerprint density at radius 1 is 1.04 bits per heavy atom. The third-order valence-corrected chi connectivity index (χ3v) is 3.46. The number of aromatic nitrogens is 1. The molecule has 1 fully saturated rings. The van der Waals surface area contributed by atoms with Crippen LogP contribution in [-0.4, -0.2) is 32.9 Å². The summed E-state index contributed by atoms with van der Waals surface area (Å²) in [6, 6.07) is 9.80. The van der Waals surface area contributed by atoms with Crippen molar-refractivity contribution in [2.24, 2.45) is 0 Å². The number of hydrogen-bond acceptors (Lipinski definition) is 5. The second-order valence-corrected chi connectivity index (χ2v) is 5.21. The second-order valence-electron chi connectivity index (χ2n) is 5.21. The number of nitrogens with zero attached hydrogens (tertiary/aromatic N) is 1. The summed E-state index contributed by atoms with van der Waals surface area (Å²) in [6.45, 7) is 0. The fourth-order valence-corrected chi connectivity index (χ4v) is 2.19. The number of carbonyl (C=O) groups is 3. The zero-order valence-corrected chi connectivity index (χ0v) is 12.6. The van der Waals surface area contributed by atoms with Gasteiger partial charge in [0, 0.05) is 18.5 Å². The highest BCUT2D eigenvalue weighted by Crippen LogP contribution is 2.15. The van der Waals surface area contributed by atoms with E-state index in [1.807, 2.05) is 0 Å². The van der Waals surface area contributed by atoms with Gasteiger partial charge in [0.2, 0.25) is 0 Å². The molecule has 0 saturated carbocycles. The molecule has 0 spiro atoms. The third-order valence-electron chi connectivity index (χ3n) is 3.46. The number of nitrogens with one attached hydrogen (secondary N) is 1. The maximum absolute atomic E-state index is 12.0. The van der Waals surface area contributed by atoms with Crippen LogP contribution in [0.3, 0.4) is 0 Å². The number of aromatic hydroxyl groups is 1. The van der Waals surface area contributed by atoms with Crippen LogP contribution in [0.2, 0.25) is 0 Å². The van der Waals surface area contributed by atoms with Gasteiger partial charge in [0.1, 0.15) is 11.4 Å². The molecular formula is C17H14N2O5. The Hall–Kier alpha value is -3.35. The highest BCUT2D eigenvalue weighted by atomic mass is 16.7. The quantitative estimate of drug-likeness (QED) is 0.838. The van der Waals surface area contributed by atoms with Crippen LogP contribution < -0.4 is 0 Å². The number of rotatable bonds is 4. The predicted octanol–water partition coefficient (Wildman–Crippen LogP) is 2.11. The van der Waals surface area contributed by atoms with E-state index in [-0.39, 0.29) is 24.3 Å². The number of phenols is 1. The molecule has 1 aliphatic heterocycles. The van der Waals surface area contributed by atoms with Crippen LogP contribution in [0.5, 0.6) is 5.75 Å². The lowest BCUT2D eigenvalue weighted by atomic mass is 10.2. The Balaban J connectivity index is 1.66. The molecule has 1 saturated heterocycles. The molecular weight excluding hydrogens is 312 g/mol. The summed E-state index contributed by atoms with van der Waals surface area (Å²) in [5.41, 5.74) is 1.65. The van der Waals surface area contributed by atoms with Crippen molar-refractivity contribution in [2.45, 2.75) is 12.8 Å². The van der Waals surface area contributed by atoms with Crippen molar-refractivity contribution in [3.8, 4) is 5.75 Å². The standard InChI is InChI=1S/C17H14N2O5/c20-13-6-2-11(3-7-13)1-4-12-5-8-14(18-12)17(23)24-19-15(21)9-10-16(19)22/h1-8,18,20H,9-10H2/b4-1+. The van der Waals surface area contributed by atoms with Crippen LogP contribution in [0.1, 0.15) is 34.6 Å². The molecule has 2 aromatic rings. The molecule has 1 aromatic carbocycles. The van der Waals surface area contributed by atoms with Gasteiger partial charge in [-0.05, 0) is 35.9 Å². The van der Waals surface area contributed by atoms with E-state index in [2.05, 4.69) is 4.98 Å². The van der Waals surface area contributed by atoms with Crippen molar-refractivity contribution < 1.29 is 24.3 Å². The lowest BCUT2D eigenvalue weighted by Gasteiger charge is -2.11. The molecule has 1 aromatic heterocycles. The Bertz CT molecular complexity index is 804. The normalized spacial score (nSPS) is 14.6. The first-order valence-corrected chi connectivity index (χ1v) is 7.27. The summed E-state index contributed by atoms with van der Waals surface area (Å²) >= 11 is 0. The smallest absolute Gasteiger partial charge is 0.379 e. The zero-order chi connectivity index (χ0) is 17.1. The average molecular weight is 326 g/mol. The number of amides is 2. The molecule has 1 aliphatic rings. The Morgan fingerprint density at radius 3 is 2.38 bits per heavy atom. The number of benzene rings is 1. The summed E-state index contributed by atoms with van der Waals surface area (Å²) in [4.78, 5) is 42.5. The minimum Gasteiger partial charge on any atom is -0.508 e. The summed E-state index contributed by atoms with van der Waals surface area (Å²) in [6.07, 6.45) is 3.65. The molecule has 2 amide bonds. The number of hydrogen-bond donors (Lipinski definition) is 2. The maximum Gasteiger partial charge on any atom is 0.379 e. The lowest BCUT2D eigenvalue weighted by molar-refractivity contribution is -0.172. The van der Waals surface area contributed by atoms with E-state index >= 15 is 0 Å². The van der Waals surface area contributed by atoms with Crippen LogP contribution in [0.25, 0.3) is 12.2 Å². The first kappa shape index (κ1) is 15.5. The molecule has 2 heterocycles. The summed E-state index contributed by atoms with van der Waals surface area (Å²) in [5, 5.41) is 9.74. The van der Waals surface area contributed by atoms with Gasteiger partial charge in [-0.1, -0.05) is 18.2 Å². The zero-order valence-electron chi connectivity index (χ0n) is 12.6. The molecule has 122 valence electrons. The molecule has 0 bridgehead atoms. The minimum atomic E-state index is -0.803. The van der Waals surface area contributed by atoms with E-state index in [0.29, 0.717) is 10.8 Å². The van der Waals surface area contributed by atoms with Crippen molar-refractivity contribution in [3.05, 3.63) is 53.3 Å². The summed E-state index contributed by atoms with van der Waals surface area (Å²) < 4.78 is 0. The first-order chi connectivity index (χ1) is 11.5. The monoisotopic (exact) mass is 326 g/mol. The SMILES string of the molecule is O=C(ON1C(=O)CCC1=O)c1ccc(/C=C/c2ccc(O)cc2)[nH]1. The molecule has 24 heavy (non-hydrogen) atoms. The van der Waals surface area contributed by atoms with Gasteiger partial charge >= 0.3 is 5.97 Å². The highest BCUT2D eigenvalue weighted by Gasteiger charge is 2.33. The Kier molecular flexibility index (Phi) is 4.15. The molecule has 2 N–H and O–H groups in total. The van der Waals surface area contributed by atoms with Gasteiger partial charge in [0.05, 0.1) is 0 Å². The van der Waals surface area contributed by atoms with Crippen LogP contribution in [0.15, 0.2) is 36.4 Å². The average Bonchev–Trinajstić information content (AvgIpc) is 3.16. The largest absolute Gasteiger partial charge is 0.508 e. The Morgan fingerprint density at radius 2 is 1.71 bits per heavy atom. The van der Waals surface area contributed by atoms with Crippen molar-refractivity contribution in [1.82, 2.24) is 10.0 Å². The number of carbonyl (C=O) groups excluding carboxylic acids is 3. The Labute approximate surface area is 137 Å². The fourth-order valence-electron chi connectivity index (χ4n) is 2.19. The maximum atomic E-state index is 12.0. The van der Waals surface area contributed by atoms with E-state index in [1.54, 1.807) is 42.5 Å². The lowest BCUT2D eigenvalue weighted by Crippen LogP contribution is -2.32. The van der Waals surface area contributed by atoms with Gasteiger partial charge in [-0.3, -0.25) is 9.59 Å². The third kappa shape index (κ3) is 3.35. The van der Waals surface area contributed by atoms with Gasteiger partial charge in [-0.25, -0.2) is 4.79 Å². The molecule has 7 heteroatoms. The second kappa shape index (κ2) is 6.41. The van der Waals surface area contributed by atoms with Crippen molar-refractivity contribution >= 4 is 29.9 Å². The van der Waals surface area contributed by atoms with E-state index in [1.165, 1.54) is 6.07 Å². The topological polar surface area (TPSA) is 99.7 Å². The molecule has 0 aliphatic carbocycles. The van der Waals surface area contributed by atoms with Crippen LogP contribution in [-0.2, 0) is 14.4 Å². The van der Waals surface area contributed by atoms with Crippen molar-refractivity contribution in [2.75, 3.05) is 0 Å². The van der Waals surface area contributed by atoms with Crippen LogP contribution >= 0.6 is 0 Å². The summed E-state index contributed by atoms with van der Waals surface area (Å²) in [5.74, 6) is -1.66. The molecule has 0 atom stereocenters. The van der Waals surface area contributed by atoms with E-state index in [0.717, 1.165) is 5.56 Å².